The van der Waals surface area contributed by atoms with Crippen LogP contribution in [0.3, 0.4) is 0 Å². The lowest BCUT2D eigenvalue weighted by atomic mass is 10.2. The van der Waals surface area contributed by atoms with Gasteiger partial charge in [0.25, 0.3) is 0 Å². The third kappa shape index (κ3) is 2.44. The molecule has 0 amide bonds. The first kappa shape index (κ1) is 12.3. The second kappa shape index (κ2) is 4.42. The van der Waals surface area contributed by atoms with E-state index in [0.717, 1.165) is 0 Å². The number of benzene rings is 1. The summed E-state index contributed by atoms with van der Waals surface area (Å²) in [5, 5.41) is 0. The fourth-order valence-corrected chi connectivity index (χ4v) is 2.17. The minimum Gasteiger partial charge on any atom is -0.496 e. The minimum absolute atomic E-state index is 0.137. The number of hydrogen-bond donors (Lipinski definition) is 0. The Bertz CT molecular complexity index is 349. The Hall–Kier alpha value is 0.270. The zero-order chi connectivity index (χ0) is 10.9. The van der Waals surface area contributed by atoms with E-state index in [1.807, 2.05) is 22.6 Å². The fourth-order valence-electron chi connectivity index (χ4n) is 0.967. The summed E-state index contributed by atoms with van der Waals surface area (Å²) in [4.78, 5) is 0. The molecule has 0 aliphatic carbocycles. The van der Waals surface area contributed by atoms with Crippen molar-refractivity contribution in [1.82, 2.24) is 0 Å². The van der Waals surface area contributed by atoms with Gasteiger partial charge in [-0.1, -0.05) is 0 Å². The summed E-state index contributed by atoms with van der Waals surface area (Å²) in [6.07, 6.45) is -4.37. The van der Waals surface area contributed by atoms with E-state index in [2.05, 4.69) is 4.74 Å². The maximum atomic E-state index is 12.6. The molecular formula is C8H5F3I2O. The summed E-state index contributed by atoms with van der Waals surface area (Å²) in [5.41, 5.74) is -0.701. The molecule has 0 N–H and O–H groups in total. The number of hydrogen-bond acceptors (Lipinski definition) is 1. The zero-order valence-corrected chi connectivity index (χ0v) is 11.3. The topological polar surface area (TPSA) is 9.23 Å². The van der Waals surface area contributed by atoms with Gasteiger partial charge in [0.2, 0.25) is 0 Å². The van der Waals surface area contributed by atoms with Gasteiger partial charge in [-0.2, -0.15) is 13.2 Å². The Morgan fingerprint density at radius 1 is 1.21 bits per heavy atom. The lowest BCUT2D eigenvalue weighted by Crippen LogP contribution is -2.10. The van der Waals surface area contributed by atoms with Crippen molar-refractivity contribution in [2.45, 2.75) is 6.18 Å². The van der Waals surface area contributed by atoms with E-state index >= 15 is 0 Å². The van der Waals surface area contributed by atoms with Crippen LogP contribution in [0.5, 0.6) is 5.75 Å². The number of rotatable bonds is 1. The van der Waals surface area contributed by atoms with Crippen molar-refractivity contribution in [3.63, 3.8) is 0 Å². The molecule has 0 heterocycles. The number of alkyl halides is 3. The monoisotopic (exact) mass is 428 g/mol. The lowest BCUT2D eigenvalue weighted by molar-refractivity contribution is -0.139. The molecule has 1 rings (SSSR count). The average Bonchev–Trinajstić information content (AvgIpc) is 2.07. The Kier molecular flexibility index (Phi) is 3.89. The average molecular weight is 428 g/mol. The van der Waals surface area contributed by atoms with Crippen LogP contribution in [0.25, 0.3) is 0 Å². The molecule has 0 radical (unpaired) electrons. The number of methoxy groups -OCH3 is 1. The van der Waals surface area contributed by atoms with Gasteiger partial charge in [0.15, 0.2) is 0 Å². The molecule has 78 valence electrons. The SMILES string of the molecule is COc1ccc(I)c(I)c1C(F)(F)F. The first-order valence-corrected chi connectivity index (χ1v) is 5.63. The summed E-state index contributed by atoms with van der Waals surface area (Å²) in [6.45, 7) is 0. The summed E-state index contributed by atoms with van der Waals surface area (Å²) in [5.74, 6) is -0.137. The summed E-state index contributed by atoms with van der Waals surface area (Å²) in [6, 6.07) is 2.92. The highest BCUT2D eigenvalue weighted by Gasteiger charge is 2.37. The quantitative estimate of drug-likeness (QED) is 0.617. The van der Waals surface area contributed by atoms with Crippen molar-refractivity contribution < 1.29 is 17.9 Å². The van der Waals surface area contributed by atoms with Gasteiger partial charge in [0, 0.05) is 7.14 Å². The van der Waals surface area contributed by atoms with Gasteiger partial charge in [0.1, 0.15) is 11.3 Å². The largest absolute Gasteiger partial charge is 0.496 e. The molecule has 0 aliphatic heterocycles. The van der Waals surface area contributed by atoms with Crippen LogP contribution < -0.4 is 4.74 Å². The van der Waals surface area contributed by atoms with E-state index in [0.29, 0.717) is 3.57 Å². The molecule has 6 heteroatoms. The Morgan fingerprint density at radius 2 is 1.79 bits per heavy atom. The van der Waals surface area contributed by atoms with Crippen molar-refractivity contribution in [2.24, 2.45) is 0 Å². The second-order valence-corrected chi connectivity index (χ2v) is 4.68. The van der Waals surface area contributed by atoms with Gasteiger partial charge in [-0.3, -0.25) is 0 Å². The van der Waals surface area contributed by atoms with Crippen molar-refractivity contribution >= 4 is 45.2 Å². The van der Waals surface area contributed by atoms with Crippen LogP contribution in [0, 0.1) is 7.14 Å². The molecule has 0 saturated heterocycles. The smallest absolute Gasteiger partial charge is 0.421 e. The van der Waals surface area contributed by atoms with Crippen molar-refractivity contribution in [3.8, 4) is 5.75 Å². The Labute approximate surface area is 106 Å². The van der Waals surface area contributed by atoms with E-state index in [1.165, 1.54) is 13.2 Å². The number of ether oxygens (including phenoxy) is 1. The van der Waals surface area contributed by atoms with Gasteiger partial charge in [-0.05, 0) is 57.3 Å². The van der Waals surface area contributed by atoms with Crippen molar-refractivity contribution in [2.75, 3.05) is 7.11 Å². The van der Waals surface area contributed by atoms with E-state index in [1.54, 1.807) is 28.7 Å². The molecule has 1 aromatic rings. The van der Waals surface area contributed by atoms with Gasteiger partial charge >= 0.3 is 6.18 Å². The molecule has 0 bridgehead atoms. The highest BCUT2D eigenvalue weighted by atomic mass is 127. The molecule has 14 heavy (non-hydrogen) atoms. The molecule has 0 aromatic heterocycles. The molecule has 0 spiro atoms. The highest BCUT2D eigenvalue weighted by molar-refractivity contribution is 14.1. The first-order valence-electron chi connectivity index (χ1n) is 3.47. The first-order chi connectivity index (χ1) is 6.38. The van der Waals surface area contributed by atoms with Gasteiger partial charge < -0.3 is 4.74 Å². The molecule has 1 nitrogen and oxygen atoms in total. The van der Waals surface area contributed by atoms with Crippen molar-refractivity contribution in [3.05, 3.63) is 24.8 Å². The second-order valence-electron chi connectivity index (χ2n) is 2.44. The van der Waals surface area contributed by atoms with E-state index in [-0.39, 0.29) is 9.32 Å². The highest BCUT2D eigenvalue weighted by Crippen LogP contribution is 2.40. The summed E-state index contributed by atoms with van der Waals surface area (Å²) < 4.78 is 43.2. The summed E-state index contributed by atoms with van der Waals surface area (Å²) in [7, 11) is 1.23. The molecule has 1 aromatic carbocycles. The molecule has 0 fully saturated rings. The molecule has 0 atom stereocenters. The van der Waals surface area contributed by atoms with Crippen LogP contribution in [-0.2, 0) is 6.18 Å². The van der Waals surface area contributed by atoms with E-state index in [9.17, 15) is 13.2 Å². The maximum Gasteiger partial charge on any atom is 0.421 e. The van der Waals surface area contributed by atoms with Crippen LogP contribution in [0.1, 0.15) is 5.56 Å². The molecule has 0 unspecified atom stereocenters. The Morgan fingerprint density at radius 3 is 2.21 bits per heavy atom. The predicted molar refractivity (Wildman–Crippen MR) is 63.4 cm³/mol. The standard InChI is InChI=1S/C8H5F3I2O/c1-14-5-3-2-4(12)7(13)6(5)8(9,10)11/h2-3H,1H3. The van der Waals surface area contributed by atoms with Crippen LogP contribution in [0.4, 0.5) is 13.2 Å². The summed E-state index contributed by atoms with van der Waals surface area (Å²) >= 11 is 3.53. The normalized spacial score (nSPS) is 11.6. The van der Waals surface area contributed by atoms with Gasteiger partial charge in [-0.25, -0.2) is 0 Å². The number of halogens is 5. The minimum atomic E-state index is -4.37. The predicted octanol–water partition coefficient (Wildman–Crippen LogP) is 3.92. The molecular weight excluding hydrogens is 423 g/mol. The Balaban J connectivity index is 3.44. The van der Waals surface area contributed by atoms with Crippen LogP contribution in [-0.4, -0.2) is 7.11 Å². The van der Waals surface area contributed by atoms with Crippen LogP contribution >= 0.6 is 45.2 Å². The zero-order valence-electron chi connectivity index (χ0n) is 6.95. The van der Waals surface area contributed by atoms with E-state index in [4.69, 9.17) is 0 Å². The molecule has 0 saturated carbocycles. The van der Waals surface area contributed by atoms with Crippen molar-refractivity contribution in [1.29, 1.82) is 0 Å². The van der Waals surface area contributed by atoms with Crippen LogP contribution in [0.15, 0.2) is 12.1 Å². The fraction of sp³-hybridized carbons (Fsp3) is 0.250. The van der Waals surface area contributed by atoms with Gasteiger partial charge in [0.05, 0.1) is 7.11 Å². The third-order valence-corrected chi connectivity index (χ3v) is 4.61. The van der Waals surface area contributed by atoms with E-state index < -0.39 is 11.7 Å². The molecule has 0 aliphatic rings. The van der Waals surface area contributed by atoms with Crippen LogP contribution in [0.2, 0.25) is 0 Å². The van der Waals surface area contributed by atoms with Gasteiger partial charge in [-0.15, -0.1) is 0 Å². The third-order valence-electron chi connectivity index (χ3n) is 1.56. The lowest BCUT2D eigenvalue weighted by Gasteiger charge is -2.14. The maximum absolute atomic E-state index is 12.6.